The summed E-state index contributed by atoms with van der Waals surface area (Å²) in [5, 5.41) is 45.9. The summed E-state index contributed by atoms with van der Waals surface area (Å²) < 4.78 is 2.20. The SMILES string of the molecule is CCCCC(CC)C(=O)NC1=CC(=[N+](c2ccc(-c3ccccc3)cc2)c2ccc(-c3ccccc3)cc2)C=CC1=C1C(O)C(C)(C2=C(NC(O)C(CC)CCCC)C=C(N(c3ccc(-c4ccccc4)cc3)C3C=CC(c4ccccc4)=CC3)[C@@H](C)C2)C1O. The van der Waals surface area contributed by atoms with Crippen molar-refractivity contribution in [2.75, 3.05) is 4.90 Å². The van der Waals surface area contributed by atoms with Crippen LogP contribution in [0.4, 0.5) is 17.1 Å². The Morgan fingerprint density at radius 3 is 1.60 bits per heavy atom. The highest BCUT2D eigenvalue weighted by molar-refractivity contribution is 6.10. The molecule has 11 rings (SSSR count). The van der Waals surface area contributed by atoms with Crippen molar-refractivity contribution in [3.8, 4) is 33.4 Å². The van der Waals surface area contributed by atoms with E-state index in [4.69, 9.17) is 0 Å². The molecule has 1 amide bonds. The molecule has 5 N–H and O–H groups in total. The molecule has 6 unspecified atom stereocenters. The lowest BCUT2D eigenvalue weighted by molar-refractivity contribution is -0.124. The van der Waals surface area contributed by atoms with Crippen LogP contribution >= 0.6 is 0 Å². The Bertz CT molecular complexity index is 3760. The zero-order chi connectivity index (χ0) is 62.7. The number of amides is 1. The molecule has 7 aromatic rings. The molecule has 8 heteroatoms. The van der Waals surface area contributed by atoms with Gasteiger partial charge in [0.05, 0.1) is 29.4 Å². The number of aliphatic hydroxyl groups is 3. The average Bonchev–Trinajstić information content (AvgIpc) is 0.705. The minimum Gasteiger partial charge on any atom is -0.388 e. The summed E-state index contributed by atoms with van der Waals surface area (Å²) in [6.07, 6.45) is 20.2. The molecule has 7 atom stereocenters. The first kappa shape index (κ1) is 62.9. The fourth-order valence-electron chi connectivity index (χ4n) is 13.8. The molecule has 1 fully saturated rings. The van der Waals surface area contributed by atoms with Crippen molar-refractivity contribution >= 4 is 34.3 Å². The molecule has 4 aliphatic carbocycles. The van der Waals surface area contributed by atoms with Gasteiger partial charge in [-0.1, -0.05) is 219 Å². The van der Waals surface area contributed by atoms with Gasteiger partial charge >= 0.3 is 0 Å². The van der Waals surface area contributed by atoms with Crippen molar-refractivity contribution in [1.29, 1.82) is 0 Å². The summed E-state index contributed by atoms with van der Waals surface area (Å²) in [4.78, 5) is 17.2. The lowest BCUT2D eigenvalue weighted by atomic mass is 9.54. The molecule has 460 valence electrons. The summed E-state index contributed by atoms with van der Waals surface area (Å²) in [5.74, 6) is -0.421. The number of rotatable bonds is 23. The number of unbranched alkanes of at least 4 members (excludes halogenated alkanes) is 2. The maximum Gasteiger partial charge on any atom is 0.227 e. The number of nitrogens with one attached hydrogen (secondary N) is 2. The number of aliphatic hydroxyl groups excluding tert-OH is 3. The van der Waals surface area contributed by atoms with E-state index in [1.54, 1.807) is 0 Å². The second-order valence-corrected chi connectivity index (χ2v) is 25.1. The second-order valence-electron chi connectivity index (χ2n) is 25.1. The van der Waals surface area contributed by atoms with Crippen LogP contribution in [0.15, 0.2) is 270 Å². The molecule has 0 spiro atoms. The van der Waals surface area contributed by atoms with Crippen LogP contribution < -0.4 is 20.1 Å². The molecule has 90 heavy (non-hydrogen) atoms. The van der Waals surface area contributed by atoms with Crippen LogP contribution in [0.5, 0.6) is 0 Å². The molecule has 8 nitrogen and oxygen atoms in total. The standard InChI is InChI=1S/C82H88N4O4/c1-7-11-25-57(9-3)80(89)83-74-54-71(85(67-43-35-63(36-44-67)59-27-17-13-18-28-59)68-45-37-64(38-46-68)60-29-19-14-20-30-60)51-52-72(74)77-78(87)82(6,79(77)88)73-53-56(5)76(55-75(73)84-81(90)58(10-4)26-12-8-2)86(69-47-39-65(40-48-69)61-31-21-15-22-32-61)70-49-41-66(42-50-70)62-33-23-16-24-34-62/h13-24,27-49,51-52,54-58,70,78-79,81,84,87-88,90H,7-12,25-26,50,53H2,1-6H3/p+1/t56-,57?,58?,70?,78?,79?,81?,82?/m0/s1. The summed E-state index contributed by atoms with van der Waals surface area (Å²) in [7, 11) is 0. The highest BCUT2D eigenvalue weighted by Gasteiger charge is 2.59. The van der Waals surface area contributed by atoms with E-state index < -0.39 is 23.9 Å². The predicted molar refractivity (Wildman–Crippen MR) is 374 cm³/mol. The molecule has 0 aromatic heterocycles. The quantitative estimate of drug-likeness (QED) is 0.0323. The average molecular weight is 1190 g/mol. The molecule has 4 aliphatic rings. The van der Waals surface area contributed by atoms with Crippen LogP contribution in [0.1, 0.15) is 111 Å². The highest BCUT2D eigenvalue weighted by atomic mass is 16.3. The van der Waals surface area contributed by atoms with E-state index in [2.05, 4.69) is 255 Å². The first-order valence-corrected chi connectivity index (χ1v) is 33.0. The Labute approximate surface area is 534 Å². The van der Waals surface area contributed by atoms with Crippen LogP contribution in [0.2, 0.25) is 0 Å². The van der Waals surface area contributed by atoms with Gasteiger partial charge in [0.25, 0.3) is 0 Å². The zero-order valence-electron chi connectivity index (χ0n) is 53.3. The third-order valence-electron chi connectivity index (χ3n) is 19.3. The second kappa shape index (κ2) is 28.9. The monoisotopic (exact) mass is 1190 g/mol. The minimum absolute atomic E-state index is 0.0253. The van der Waals surface area contributed by atoms with E-state index in [-0.39, 0.29) is 29.7 Å². The van der Waals surface area contributed by atoms with Crippen LogP contribution in [0.25, 0.3) is 39.0 Å². The molecule has 0 radical (unpaired) electrons. The lowest BCUT2D eigenvalue weighted by Gasteiger charge is -2.55. The fraction of sp³-hybridized carbons (Fsp3) is 0.293. The maximum absolute atomic E-state index is 14.7. The van der Waals surface area contributed by atoms with Crippen LogP contribution in [0.3, 0.4) is 0 Å². The van der Waals surface area contributed by atoms with Gasteiger partial charge in [-0.2, -0.15) is 4.58 Å². The fourth-order valence-corrected chi connectivity index (χ4v) is 13.8. The van der Waals surface area contributed by atoms with Crippen molar-refractivity contribution < 1.29 is 20.1 Å². The van der Waals surface area contributed by atoms with Gasteiger partial charge in [-0.25, -0.2) is 0 Å². The zero-order valence-corrected chi connectivity index (χ0v) is 53.3. The van der Waals surface area contributed by atoms with E-state index in [0.717, 1.165) is 119 Å². The number of carbonyl (C=O) groups is 1. The maximum atomic E-state index is 14.7. The number of benzene rings is 7. The lowest BCUT2D eigenvalue weighted by Crippen LogP contribution is -2.60. The number of allylic oxidation sites excluding steroid dienone is 7. The Morgan fingerprint density at radius 2 is 1.11 bits per heavy atom. The van der Waals surface area contributed by atoms with Crippen molar-refractivity contribution in [2.24, 2.45) is 23.2 Å². The summed E-state index contributed by atoms with van der Waals surface area (Å²) in [6.45, 7) is 12.7. The minimum atomic E-state index is -1.18. The number of hydrogen-bond acceptors (Lipinski definition) is 6. The van der Waals surface area contributed by atoms with Gasteiger partial charge in [0.2, 0.25) is 23.0 Å². The normalized spacial score (nSPS) is 20.7. The van der Waals surface area contributed by atoms with Crippen LogP contribution in [0, 0.1) is 23.2 Å². The topological polar surface area (TPSA) is 108 Å². The van der Waals surface area contributed by atoms with Crippen LogP contribution in [-0.2, 0) is 4.79 Å². The Kier molecular flexibility index (Phi) is 20.2. The largest absolute Gasteiger partial charge is 0.388 e. The number of nitrogens with zero attached hydrogens (tertiary/aromatic N) is 2. The van der Waals surface area contributed by atoms with Crippen molar-refractivity contribution in [3.05, 3.63) is 276 Å². The predicted octanol–water partition coefficient (Wildman–Crippen LogP) is 18.0. The van der Waals surface area contributed by atoms with Gasteiger partial charge in [0.15, 0.2) is 0 Å². The number of carbonyl (C=O) groups excluding carboxylic acids is 1. The van der Waals surface area contributed by atoms with E-state index in [1.165, 1.54) is 11.1 Å². The summed E-state index contributed by atoms with van der Waals surface area (Å²) in [5.41, 5.74) is 15.8. The number of anilines is 1. The molecule has 0 bridgehead atoms. The van der Waals surface area contributed by atoms with E-state index in [1.807, 2.05) is 43.4 Å². The van der Waals surface area contributed by atoms with Crippen LogP contribution in [-0.4, -0.2) is 51.4 Å². The van der Waals surface area contributed by atoms with Gasteiger partial charge < -0.3 is 30.9 Å². The first-order valence-electron chi connectivity index (χ1n) is 33.0. The van der Waals surface area contributed by atoms with Crippen molar-refractivity contribution in [2.45, 2.75) is 130 Å². The molecule has 7 aromatic carbocycles. The Hall–Kier alpha value is -8.66. The smallest absolute Gasteiger partial charge is 0.227 e. The van der Waals surface area contributed by atoms with E-state index in [0.29, 0.717) is 35.4 Å². The molecular weight excluding hydrogens is 1100 g/mol. The third kappa shape index (κ3) is 13.4. The molecule has 0 heterocycles. The molecular formula is C82H89N4O4+. The summed E-state index contributed by atoms with van der Waals surface area (Å²) in [6, 6.07) is 67.7. The number of hydrogen-bond donors (Lipinski definition) is 5. The van der Waals surface area contributed by atoms with Gasteiger partial charge in [0.1, 0.15) is 6.23 Å². The van der Waals surface area contributed by atoms with Crippen molar-refractivity contribution in [3.63, 3.8) is 0 Å². The molecule has 0 saturated heterocycles. The van der Waals surface area contributed by atoms with Gasteiger partial charge in [-0.05, 0) is 143 Å². The Balaban J connectivity index is 1.03. The van der Waals surface area contributed by atoms with Gasteiger partial charge in [-0.15, -0.1) is 0 Å². The van der Waals surface area contributed by atoms with Gasteiger partial charge in [0, 0.05) is 76.8 Å². The molecule has 0 aliphatic heterocycles. The van der Waals surface area contributed by atoms with E-state index >= 15 is 0 Å². The summed E-state index contributed by atoms with van der Waals surface area (Å²) >= 11 is 0. The molecule has 1 saturated carbocycles. The van der Waals surface area contributed by atoms with Gasteiger partial charge in [-0.3, -0.25) is 4.79 Å². The van der Waals surface area contributed by atoms with E-state index in [9.17, 15) is 20.1 Å². The van der Waals surface area contributed by atoms with Crippen molar-refractivity contribution in [1.82, 2.24) is 15.2 Å². The first-order chi connectivity index (χ1) is 43.9. The third-order valence-corrected chi connectivity index (χ3v) is 19.3. The Morgan fingerprint density at radius 1 is 0.611 bits per heavy atom. The highest BCUT2D eigenvalue weighted by Crippen LogP contribution is 2.57.